The first-order chi connectivity index (χ1) is 9.76. The van der Waals surface area contributed by atoms with Gasteiger partial charge in [0.05, 0.1) is 10.5 Å². The first-order valence-electron chi connectivity index (χ1n) is 6.49. The van der Waals surface area contributed by atoms with E-state index in [0.29, 0.717) is 18.7 Å². The summed E-state index contributed by atoms with van der Waals surface area (Å²) in [6, 6.07) is 4.28. The zero-order valence-electron chi connectivity index (χ0n) is 11.1. The Kier molecular flexibility index (Phi) is 4.85. The minimum Gasteiger partial charge on any atom is -0.207 e. The largest absolute Gasteiger partial charge is 0.417 e. The molecule has 1 aromatic carbocycles. The molecule has 1 fully saturated rings. The van der Waals surface area contributed by atoms with Gasteiger partial charge in [-0.25, -0.2) is 8.42 Å². The summed E-state index contributed by atoms with van der Waals surface area (Å²) in [5.41, 5.74) is -1.12. The number of piperidine rings is 1. The lowest BCUT2D eigenvalue weighted by Crippen LogP contribution is -2.39. The number of rotatable bonds is 3. The molecule has 118 valence electrons. The molecule has 1 aliphatic rings. The van der Waals surface area contributed by atoms with E-state index in [4.69, 9.17) is 11.6 Å². The Labute approximate surface area is 126 Å². The maximum absolute atomic E-state index is 13.0. The summed E-state index contributed by atoms with van der Waals surface area (Å²) in [5, 5.41) is 0. The normalized spacial score (nSPS) is 18.9. The van der Waals surface area contributed by atoms with Crippen molar-refractivity contribution in [2.75, 3.05) is 19.0 Å². The van der Waals surface area contributed by atoms with Crippen LogP contribution in [0, 0.1) is 5.92 Å². The van der Waals surface area contributed by atoms with Crippen LogP contribution in [0.5, 0.6) is 0 Å². The van der Waals surface area contributed by atoms with Crippen LogP contribution in [-0.2, 0) is 16.2 Å². The van der Waals surface area contributed by atoms with Crippen molar-refractivity contribution in [1.82, 2.24) is 4.31 Å². The molecule has 0 aliphatic carbocycles. The van der Waals surface area contributed by atoms with Gasteiger partial charge in [-0.1, -0.05) is 12.1 Å². The highest BCUT2D eigenvalue weighted by atomic mass is 35.5. The SMILES string of the molecule is O=S(=O)(c1ccccc1C(F)(F)F)N1CCC(CCl)CC1. The zero-order valence-corrected chi connectivity index (χ0v) is 12.7. The lowest BCUT2D eigenvalue weighted by atomic mass is 10.0. The minimum atomic E-state index is -4.70. The van der Waals surface area contributed by atoms with Crippen LogP contribution in [0.2, 0.25) is 0 Å². The highest BCUT2D eigenvalue weighted by Gasteiger charge is 2.39. The Morgan fingerprint density at radius 3 is 2.29 bits per heavy atom. The molecule has 1 saturated heterocycles. The molecule has 0 unspecified atom stereocenters. The number of halogens is 4. The molecule has 1 aliphatic heterocycles. The fraction of sp³-hybridized carbons (Fsp3) is 0.538. The number of nitrogens with zero attached hydrogens (tertiary/aromatic N) is 1. The van der Waals surface area contributed by atoms with Crippen LogP contribution in [0.4, 0.5) is 13.2 Å². The molecule has 0 saturated carbocycles. The Morgan fingerprint density at radius 2 is 1.76 bits per heavy atom. The van der Waals surface area contributed by atoms with Crippen molar-refractivity contribution in [3.63, 3.8) is 0 Å². The molecular formula is C13H15ClF3NO2S. The summed E-state index contributed by atoms with van der Waals surface area (Å²) >= 11 is 5.73. The van der Waals surface area contributed by atoms with E-state index in [2.05, 4.69) is 0 Å². The molecular weight excluding hydrogens is 327 g/mol. The molecule has 3 nitrogen and oxygen atoms in total. The quantitative estimate of drug-likeness (QED) is 0.791. The number of hydrogen-bond acceptors (Lipinski definition) is 2. The van der Waals surface area contributed by atoms with Crippen LogP contribution in [0.25, 0.3) is 0 Å². The third kappa shape index (κ3) is 3.52. The molecule has 0 N–H and O–H groups in total. The van der Waals surface area contributed by atoms with Crippen molar-refractivity contribution in [2.24, 2.45) is 5.92 Å². The molecule has 0 amide bonds. The summed E-state index contributed by atoms with van der Waals surface area (Å²) in [5.74, 6) is 0.656. The van der Waals surface area contributed by atoms with E-state index in [1.165, 1.54) is 12.1 Å². The van der Waals surface area contributed by atoms with E-state index >= 15 is 0 Å². The van der Waals surface area contributed by atoms with E-state index in [1.807, 2.05) is 0 Å². The van der Waals surface area contributed by atoms with Crippen molar-refractivity contribution in [1.29, 1.82) is 0 Å². The molecule has 0 radical (unpaired) electrons. The second kappa shape index (κ2) is 6.14. The second-order valence-corrected chi connectivity index (χ2v) is 7.21. The molecule has 8 heteroatoms. The summed E-state index contributed by atoms with van der Waals surface area (Å²) in [7, 11) is -4.14. The number of alkyl halides is 4. The van der Waals surface area contributed by atoms with E-state index in [-0.39, 0.29) is 19.0 Å². The van der Waals surface area contributed by atoms with Crippen molar-refractivity contribution < 1.29 is 21.6 Å². The van der Waals surface area contributed by atoms with Gasteiger partial charge in [-0.15, -0.1) is 11.6 Å². The smallest absolute Gasteiger partial charge is 0.207 e. The van der Waals surface area contributed by atoms with Crippen LogP contribution < -0.4 is 0 Å². The molecule has 0 bridgehead atoms. The van der Waals surface area contributed by atoms with Crippen LogP contribution in [0.15, 0.2) is 29.2 Å². The summed E-state index contributed by atoms with van der Waals surface area (Å²) in [4.78, 5) is -0.679. The van der Waals surface area contributed by atoms with Gasteiger partial charge in [-0.3, -0.25) is 0 Å². The van der Waals surface area contributed by atoms with Crippen molar-refractivity contribution >= 4 is 21.6 Å². The topological polar surface area (TPSA) is 37.4 Å². The summed E-state index contributed by atoms with van der Waals surface area (Å²) < 4.78 is 64.9. The Morgan fingerprint density at radius 1 is 1.19 bits per heavy atom. The molecule has 1 heterocycles. The van der Waals surface area contributed by atoms with E-state index in [0.717, 1.165) is 16.4 Å². The maximum Gasteiger partial charge on any atom is 0.417 e. The average Bonchev–Trinajstić information content (AvgIpc) is 2.46. The fourth-order valence-electron chi connectivity index (χ4n) is 2.37. The number of hydrogen-bond donors (Lipinski definition) is 0. The van der Waals surface area contributed by atoms with Crippen LogP contribution >= 0.6 is 11.6 Å². The summed E-state index contributed by atoms with van der Waals surface area (Å²) in [6.45, 7) is 0.401. The molecule has 0 atom stereocenters. The van der Waals surface area contributed by atoms with E-state index < -0.39 is 26.7 Å². The van der Waals surface area contributed by atoms with Crippen LogP contribution in [0.1, 0.15) is 18.4 Å². The molecule has 1 aromatic rings. The van der Waals surface area contributed by atoms with E-state index in [9.17, 15) is 21.6 Å². The molecule has 21 heavy (non-hydrogen) atoms. The Hall–Kier alpha value is -0.790. The Bertz CT molecular complexity index is 596. The van der Waals surface area contributed by atoms with Gasteiger partial charge in [0.1, 0.15) is 0 Å². The third-order valence-corrected chi connectivity index (χ3v) is 6.00. The standard InChI is InChI=1S/C13H15ClF3NO2S/c14-9-10-5-7-18(8-6-10)21(19,20)12-4-2-1-3-11(12)13(15,16)17/h1-4,10H,5-9H2. The summed E-state index contributed by atoms with van der Waals surface area (Å²) in [6.07, 6.45) is -3.56. The predicted octanol–water partition coefficient (Wildman–Crippen LogP) is 3.34. The number of benzene rings is 1. The average molecular weight is 342 g/mol. The minimum absolute atomic E-state index is 0.200. The van der Waals surface area contributed by atoms with Gasteiger partial charge >= 0.3 is 6.18 Å². The van der Waals surface area contributed by atoms with Gasteiger partial charge in [0.2, 0.25) is 10.0 Å². The molecule has 0 spiro atoms. The lowest BCUT2D eigenvalue weighted by molar-refractivity contribution is -0.139. The maximum atomic E-state index is 13.0. The van der Waals surface area contributed by atoms with Crippen molar-refractivity contribution in [3.05, 3.63) is 29.8 Å². The van der Waals surface area contributed by atoms with Gasteiger partial charge < -0.3 is 0 Å². The predicted molar refractivity (Wildman–Crippen MR) is 73.6 cm³/mol. The molecule has 0 aromatic heterocycles. The van der Waals surface area contributed by atoms with Crippen molar-refractivity contribution in [3.8, 4) is 0 Å². The highest BCUT2D eigenvalue weighted by molar-refractivity contribution is 7.89. The number of sulfonamides is 1. The zero-order chi connectivity index (χ0) is 15.7. The van der Waals surface area contributed by atoms with Gasteiger partial charge in [0.25, 0.3) is 0 Å². The van der Waals surface area contributed by atoms with Gasteiger partial charge in [0, 0.05) is 19.0 Å². The monoisotopic (exact) mass is 341 g/mol. The Balaban J connectivity index is 2.33. The fourth-order valence-corrected chi connectivity index (χ4v) is 4.36. The third-order valence-electron chi connectivity index (χ3n) is 3.60. The first kappa shape index (κ1) is 16.6. The molecule has 2 rings (SSSR count). The first-order valence-corrected chi connectivity index (χ1v) is 8.46. The van der Waals surface area contributed by atoms with Crippen LogP contribution in [-0.4, -0.2) is 31.7 Å². The second-order valence-electron chi connectivity index (χ2n) is 5.00. The van der Waals surface area contributed by atoms with Crippen LogP contribution in [0.3, 0.4) is 0 Å². The van der Waals surface area contributed by atoms with E-state index in [1.54, 1.807) is 0 Å². The van der Waals surface area contributed by atoms with Gasteiger partial charge in [-0.05, 0) is 30.9 Å². The van der Waals surface area contributed by atoms with Gasteiger partial charge in [0.15, 0.2) is 0 Å². The lowest BCUT2D eigenvalue weighted by Gasteiger charge is -2.30. The van der Waals surface area contributed by atoms with Crippen molar-refractivity contribution in [2.45, 2.75) is 23.9 Å². The highest BCUT2D eigenvalue weighted by Crippen LogP contribution is 2.36. The van der Waals surface area contributed by atoms with Gasteiger partial charge in [-0.2, -0.15) is 17.5 Å².